The summed E-state index contributed by atoms with van der Waals surface area (Å²) in [6.45, 7) is 3.03. The molecule has 4 aromatic carbocycles. The number of benzene rings is 4. The summed E-state index contributed by atoms with van der Waals surface area (Å²) in [5.74, 6) is -0.530. The van der Waals surface area contributed by atoms with E-state index in [4.69, 9.17) is 0 Å². The van der Waals surface area contributed by atoms with Crippen LogP contribution in [0.4, 0.5) is 5.69 Å². The molecule has 0 spiro atoms. The monoisotopic (exact) mass is 460 g/mol. The largest absolute Gasteiger partial charge is 0.341 e. The number of anilines is 1. The van der Waals surface area contributed by atoms with Gasteiger partial charge in [-0.3, -0.25) is 9.59 Å². The lowest BCUT2D eigenvalue weighted by molar-refractivity contribution is 0.0954. The summed E-state index contributed by atoms with van der Waals surface area (Å²) in [7, 11) is 0. The fourth-order valence-corrected chi connectivity index (χ4v) is 4.22. The number of carbonyl (C=O) groups excluding carboxylic acids is 2. The second-order valence-electron chi connectivity index (χ2n) is 8.13. The van der Waals surface area contributed by atoms with Gasteiger partial charge in [-0.1, -0.05) is 42.5 Å². The minimum Gasteiger partial charge on any atom is -0.341 e. The Morgan fingerprint density at radius 2 is 1.46 bits per heavy atom. The Morgan fingerprint density at radius 1 is 0.771 bits per heavy atom. The Morgan fingerprint density at radius 3 is 2.23 bits per heavy atom. The van der Waals surface area contributed by atoms with Crippen molar-refractivity contribution in [3.63, 3.8) is 0 Å². The maximum atomic E-state index is 12.5. The number of nitrogens with zero attached hydrogens (tertiary/aromatic N) is 2. The molecule has 6 nitrogen and oxygen atoms in total. The standard InChI is InChI=1S/C29H24N4O2/c1-2-33-26-11-7-6-10-24(26)25-18-20(12-17-27(25)33)19-30-32-29(35)22-13-15-23(16-14-22)31-28(34)21-8-4-3-5-9-21/h3-19H,2H2,1H3,(H,31,34)(H,32,35)/b30-19+. The number of carbonyl (C=O) groups is 2. The van der Waals surface area contributed by atoms with Crippen LogP contribution in [0.25, 0.3) is 21.8 Å². The topological polar surface area (TPSA) is 75.5 Å². The molecule has 5 rings (SSSR count). The van der Waals surface area contributed by atoms with Crippen molar-refractivity contribution in [1.29, 1.82) is 0 Å². The van der Waals surface area contributed by atoms with Gasteiger partial charge in [-0.2, -0.15) is 5.10 Å². The highest BCUT2D eigenvalue weighted by Crippen LogP contribution is 2.29. The van der Waals surface area contributed by atoms with Gasteiger partial charge in [-0.25, -0.2) is 5.43 Å². The lowest BCUT2D eigenvalue weighted by atomic mass is 10.1. The highest BCUT2D eigenvalue weighted by Gasteiger charge is 2.10. The number of aryl methyl sites for hydroxylation is 1. The quantitative estimate of drug-likeness (QED) is 0.247. The van der Waals surface area contributed by atoms with Gasteiger partial charge in [0, 0.05) is 45.2 Å². The van der Waals surface area contributed by atoms with Crippen LogP contribution >= 0.6 is 0 Å². The fraction of sp³-hybridized carbons (Fsp3) is 0.0690. The van der Waals surface area contributed by atoms with E-state index < -0.39 is 0 Å². The third-order valence-corrected chi connectivity index (χ3v) is 5.93. The van der Waals surface area contributed by atoms with Gasteiger partial charge in [0.15, 0.2) is 0 Å². The van der Waals surface area contributed by atoms with Crippen LogP contribution in [0, 0.1) is 0 Å². The molecule has 0 aliphatic rings. The molecule has 35 heavy (non-hydrogen) atoms. The number of fused-ring (bicyclic) bond motifs is 3. The molecule has 0 saturated heterocycles. The molecule has 2 amide bonds. The van der Waals surface area contributed by atoms with Crippen LogP contribution < -0.4 is 10.7 Å². The summed E-state index contributed by atoms with van der Waals surface area (Å²) in [6, 6.07) is 30.2. The number of rotatable bonds is 6. The molecule has 172 valence electrons. The Bertz CT molecular complexity index is 1550. The molecule has 5 aromatic rings. The molecule has 1 heterocycles. The number of para-hydroxylation sites is 1. The van der Waals surface area contributed by atoms with E-state index in [1.807, 2.05) is 30.3 Å². The van der Waals surface area contributed by atoms with Crippen molar-refractivity contribution in [2.24, 2.45) is 5.10 Å². The smallest absolute Gasteiger partial charge is 0.271 e. The van der Waals surface area contributed by atoms with Crippen molar-refractivity contribution in [3.8, 4) is 0 Å². The van der Waals surface area contributed by atoms with E-state index in [0.717, 1.165) is 17.5 Å². The number of amides is 2. The summed E-state index contributed by atoms with van der Waals surface area (Å²) >= 11 is 0. The van der Waals surface area contributed by atoms with Crippen LogP contribution in [0.1, 0.15) is 33.2 Å². The predicted molar refractivity (Wildman–Crippen MR) is 141 cm³/mol. The maximum Gasteiger partial charge on any atom is 0.271 e. The maximum absolute atomic E-state index is 12.5. The van der Waals surface area contributed by atoms with Crippen LogP contribution in [0.2, 0.25) is 0 Å². The van der Waals surface area contributed by atoms with Crippen molar-refractivity contribution in [1.82, 2.24) is 9.99 Å². The average Bonchev–Trinajstić information content (AvgIpc) is 3.22. The number of hydrazone groups is 1. The second kappa shape index (κ2) is 9.65. The lowest BCUT2D eigenvalue weighted by Gasteiger charge is -2.06. The van der Waals surface area contributed by atoms with Crippen molar-refractivity contribution < 1.29 is 9.59 Å². The van der Waals surface area contributed by atoms with Gasteiger partial charge in [0.05, 0.1) is 6.21 Å². The molecule has 1 aromatic heterocycles. The Kier molecular flexibility index (Phi) is 6.09. The van der Waals surface area contributed by atoms with Crippen LogP contribution in [0.15, 0.2) is 102 Å². The Hall–Kier alpha value is -4.71. The van der Waals surface area contributed by atoms with Crippen molar-refractivity contribution in [3.05, 3.63) is 114 Å². The van der Waals surface area contributed by atoms with Gasteiger partial charge in [0.1, 0.15) is 0 Å². The first kappa shape index (κ1) is 22.1. The minimum atomic E-state index is -0.328. The van der Waals surface area contributed by atoms with E-state index in [0.29, 0.717) is 16.8 Å². The first-order valence-corrected chi connectivity index (χ1v) is 11.4. The third kappa shape index (κ3) is 4.54. The second-order valence-corrected chi connectivity index (χ2v) is 8.13. The van der Waals surface area contributed by atoms with Gasteiger partial charge >= 0.3 is 0 Å². The third-order valence-electron chi connectivity index (χ3n) is 5.93. The number of hydrogen-bond donors (Lipinski definition) is 2. The molecule has 6 heteroatoms. The van der Waals surface area contributed by atoms with Gasteiger partial charge in [-0.05, 0) is 67.1 Å². The number of nitrogens with one attached hydrogen (secondary N) is 2. The van der Waals surface area contributed by atoms with E-state index in [1.165, 1.54) is 16.4 Å². The molecule has 0 aliphatic heterocycles. The van der Waals surface area contributed by atoms with Gasteiger partial charge in [0.25, 0.3) is 11.8 Å². The van der Waals surface area contributed by atoms with Crippen molar-refractivity contribution in [2.45, 2.75) is 13.5 Å². The van der Waals surface area contributed by atoms with Gasteiger partial charge in [-0.15, -0.1) is 0 Å². The molecule has 2 N–H and O–H groups in total. The van der Waals surface area contributed by atoms with E-state index in [2.05, 4.69) is 57.7 Å². The van der Waals surface area contributed by atoms with Gasteiger partial charge in [0.2, 0.25) is 0 Å². The van der Waals surface area contributed by atoms with E-state index in [-0.39, 0.29) is 11.8 Å². The zero-order valence-electron chi connectivity index (χ0n) is 19.2. The summed E-state index contributed by atoms with van der Waals surface area (Å²) in [6.07, 6.45) is 1.64. The first-order chi connectivity index (χ1) is 17.1. The highest BCUT2D eigenvalue weighted by molar-refractivity contribution is 6.09. The normalized spacial score (nSPS) is 11.2. The van der Waals surface area contributed by atoms with E-state index in [9.17, 15) is 9.59 Å². The molecule has 0 atom stereocenters. The first-order valence-electron chi connectivity index (χ1n) is 11.4. The van der Waals surface area contributed by atoms with Crippen LogP contribution in [-0.2, 0) is 6.54 Å². The lowest BCUT2D eigenvalue weighted by Crippen LogP contribution is -2.17. The summed E-state index contributed by atoms with van der Waals surface area (Å²) in [5.41, 5.74) is 7.48. The SMILES string of the molecule is CCn1c2ccccc2c2cc(/C=N/NC(=O)c3ccc(NC(=O)c4ccccc4)cc3)ccc21. The van der Waals surface area contributed by atoms with Crippen LogP contribution in [-0.4, -0.2) is 22.6 Å². The molecule has 0 bridgehead atoms. The van der Waals surface area contributed by atoms with Gasteiger partial charge < -0.3 is 9.88 Å². The van der Waals surface area contributed by atoms with E-state index >= 15 is 0 Å². The van der Waals surface area contributed by atoms with Crippen molar-refractivity contribution in [2.75, 3.05) is 5.32 Å². The summed E-state index contributed by atoms with van der Waals surface area (Å²) in [4.78, 5) is 24.8. The molecular formula is C29H24N4O2. The highest BCUT2D eigenvalue weighted by atomic mass is 16.2. The van der Waals surface area contributed by atoms with Crippen molar-refractivity contribution >= 4 is 45.5 Å². The van der Waals surface area contributed by atoms with Crippen LogP contribution in [0.3, 0.4) is 0 Å². The molecular weight excluding hydrogens is 436 g/mol. The van der Waals surface area contributed by atoms with Crippen LogP contribution in [0.5, 0.6) is 0 Å². The summed E-state index contributed by atoms with van der Waals surface area (Å²) in [5, 5.41) is 9.32. The molecule has 0 saturated carbocycles. The zero-order chi connectivity index (χ0) is 24.2. The minimum absolute atomic E-state index is 0.202. The predicted octanol–water partition coefficient (Wildman–Crippen LogP) is 5.83. The number of aromatic nitrogens is 1. The molecule has 0 unspecified atom stereocenters. The average molecular weight is 461 g/mol. The Labute approximate surface area is 202 Å². The van der Waals surface area contributed by atoms with E-state index in [1.54, 1.807) is 42.6 Å². The number of hydrogen-bond acceptors (Lipinski definition) is 3. The molecule has 0 aliphatic carbocycles. The fourth-order valence-electron chi connectivity index (χ4n) is 4.22. The summed E-state index contributed by atoms with van der Waals surface area (Å²) < 4.78 is 2.29. The molecule has 0 radical (unpaired) electrons. The Balaban J connectivity index is 1.26. The zero-order valence-corrected chi connectivity index (χ0v) is 19.2. The molecule has 0 fully saturated rings.